The summed E-state index contributed by atoms with van der Waals surface area (Å²) in [6, 6.07) is 7.00. The first kappa shape index (κ1) is 21.0. The first-order valence-electron chi connectivity index (χ1n) is 10.3. The van der Waals surface area contributed by atoms with Crippen molar-refractivity contribution in [2.45, 2.75) is 25.3 Å². The van der Waals surface area contributed by atoms with Crippen LogP contribution in [0.4, 0.5) is 4.39 Å². The van der Waals surface area contributed by atoms with Crippen molar-refractivity contribution >= 4 is 12.0 Å². The molecule has 0 saturated carbocycles. The van der Waals surface area contributed by atoms with Crippen molar-refractivity contribution in [3.8, 4) is 0 Å². The van der Waals surface area contributed by atoms with Crippen LogP contribution in [0.25, 0.3) is 6.08 Å². The molecule has 6 heteroatoms. The molecule has 0 spiro atoms. The monoisotopic (exact) mass is 389 g/mol. The second kappa shape index (κ2) is 10.1. The number of carbonyl (C=O) groups is 1. The molecule has 2 heterocycles. The van der Waals surface area contributed by atoms with E-state index in [1.165, 1.54) is 12.1 Å². The van der Waals surface area contributed by atoms with E-state index >= 15 is 0 Å². The number of piperidine rings is 1. The Morgan fingerprint density at radius 3 is 2.57 bits per heavy atom. The second-order valence-corrected chi connectivity index (χ2v) is 8.10. The normalized spacial score (nSPS) is 25.4. The van der Waals surface area contributed by atoms with Crippen molar-refractivity contribution < 1.29 is 14.3 Å². The predicted octanol–water partition coefficient (Wildman–Crippen LogP) is 2.64. The lowest BCUT2D eigenvalue weighted by Crippen LogP contribution is -2.56. The predicted molar refractivity (Wildman–Crippen MR) is 110 cm³/mol. The Labute approximate surface area is 167 Å². The molecule has 1 aromatic carbocycles. The minimum atomic E-state index is -0.703. The molecule has 0 aromatic heterocycles. The SMILES string of the molecule is CN1CCN([C@@H]2CCN(C/C=C/c3ccc(F)cc3)C[C@@H]2CCC(=O)O)CC1. The second-order valence-electron chi connectivity index (χ2n) is 8.10. The maximum Gasteiger partial charge on any atom is 0.303 e. The molecule has 0 unspecified atom stereocenters. The highest BCUT2D eigenvalue weighted by Gasteiger charge is 2.34. The van der Waals surface area contributed by atoms with E-state index in [0.717, 1.165) is 64.2 Å². The number of halogens is 1. The fourth-order valence-corrected chi connectivity index (χ4v) is 4.40. The van der Waals surface area contributed by atoms with Gasteiger partial charge in [-0.05, 0) is 50.0 Å². The van der Waals surface area contributed by atoms with Crippen LogP contribution in [0.3, 0.4) is 0 Å². The van der Waals surface area contributed by atoms with Crippen molar-refractivity contribution in [3.63, 3.8) is 0 Å². The lowest BCUT2D eigenvalue weighted by molar-refractivity contribution is -0.137. The van der Waals surface area contributed by atoms with E-state index in [1.807, 2.05) is 6.08 Å². The first-order valence-corrected chi connectivity index (χ1v) is 10.3. The molecule has 0 radical (unpaired) electrons. The average Bonchev–Trinajstić information content (AvgIpc) is 2.69. The molecule has 0 amide bonds. The summed E-state index contributed by atoms with van der Waals surface area (Å²) in [7, 11) is 2.16. The van der Waals surface area contributed by atoms with Gasteiger partial charge in [0.25, 0.3) is 0 Å². The van der Waals surface area contributed by atoms with Gasteiger partial charge in [-0.15, -0.1) is 0 Å². The fourth-order valence-electron chi connectivity index (χ4n) is 4.40. The third-order valence-electron chi connectivity index (χ3n) is 6.06. The Hall–Kier alpha value is -1.76. The van der Waals surface area contributed by atoms with E-state index in [4.69, 9.17) is 5.11 Å². The summed E-state index contributed by atoms with van der Waals surface area (Å²) in [5.41, 5.74) is 0.996. The highest BCUT2D eigenvalue weighted by Crippen LogP contribution is 2.27. The van der Waals surface area contributed by atoms with Crippen LogP contribution in [-0.4, -0.2) is 84.7 Å². The number of rotatable bonds is 7. The molecule has 2 fully saturated rings. The minimum absolute atomic E-state index is 0.218. The van der Waals surface area contributed by atoms with Crippen LogP contribution in [0.1, 0.15) is 24.8 Å². The van der Waals surface area contributed by atoms with Crippen LogP contribution in [0.2, 0.25) is 0 Å². The number of piperazine rings is 1. The van der Waals surface area contributed by atoms with E-state index < -0.39 is 5.97 Å². The van der Waals surface area contributed by atoms with Crippen molar-refractivity contribution in [2.75, 3.05) is 52.9 Å². The standard InChI is InChI=1S/C22H32FN3O2/c1-24-13-15-26(16-14-24)21-10-12-25(17-19(21)6-9-22(27)28)11-2-3-18-4-7-20(23)8-5-18/h2-5,7-8,19,21H,6,9-17H2,1H3,(H,27,28)/b3-2+/t19-,21+/m0/s1. The number of aliphatic carboxylic acids is 1. The molecular formula is C22H32FN3O2. The van der Waals surface area contributed by atoms with Gasteiger partial charge in [-0.2, -0.15) is 0 Å². The Bertz CT molecular complexity index is 656. The third-order valence-corrected chi connectivity index (χ3v) is 6.06. The molecule has 0 bridgehead atoms. The molecule has 28 heavy (non-hydrogen) atoms. The number of nitrogens with zero attached hydrogens (tertiary/aromatic N) is 3. The summed E-state index contributed by atoms with van der Waals surface area (Å²) >= 11 is 0. The summed E-state index contributed by atoms with van der Waals surface area (Å²) < 4.78 is 13.0. The zero-order chi connectivity index (χ0) is 19.9. The number of carboxylic acids is 1. The molecule has 154 valence electrons. The molecule has 2 atom stereocenters. The van der Waals surface area contributed by atoms with Gasteiger partial charge in [-0.1, -0.05) is 24.3 Å². The van der Waals surface area contributed by atoms with Crippen molar-refractivity contribution in [3.05, 3.63) is 41.7 Å². The van der Waals surface area contributed by atoms with Gasteiger partial charge >= 0.3 is 5.97 Å². The molecule has 2 aliphatic rings. The van der Waals surface area contributed by atoms with Crippen LogP contribution in [0.15, 0.2) is 30.3 Å². The summed E-state index contributed by atoms with van der Waals surface area (Å²) in [6.45, 7) is 7.16. The molecule has 2 saturated heterocycles. The van der Waals surface area contributed by atoms with Gasteiger partial charge in [0.05, 0.1) is 0 Å². The van der Waals surface area contributed by atoms with E-state index in [-0.39, 0.29) is 12.2 Å². The number of likely N-dealkylation sites (tertiary alicyclic amines) is 1. The Balaban J connectivity index is 1.56. The quantitative estimate of drug-likeness (QED) is 0.777. The van der Waals surface area contributed by atoms with Gasteiger partial charge in [-0.3, -0.25) is 14.6 Å². The smallest absolute Gasteiger partial charge is 0.303 e. The molecular weight excluding hydrogens is 357 g/mol. The third kappa shape index (κ3) is 6.12. The average molecular weight is 390 g/mol. The van der Waals surface area contributed by atoms with Crippen molar-refractivity contribution in [1.29, 1.82) is 0 Å². The van der Waals surface area contributed by atoms with Gasteiger partial charge in [0.2, 0.25) is 0 Å². The lowest BCUT2D eigenvalue weighted by Gasteiger charge is -2.46. The van der Waals surface area contributed by atoms with Crippen LogP contribution in [0, 0.1) is 11.7 Å². The topological polar surface area (TPSA) is 47.0 Å². The Morgan fingerprint density at radius 1 is 1.18 bits per heavy atom. The molecule has 5 nitrogen and oxygen atoms in total. The van der Waals surface area contributed by atoms with Gasteiger partial charge in [0, 0.05) is 51.7 Å². The highest BCUT2D eigenvalue weighted by molar-refractivity contribution is 5.66. The van der Waals surface area contributed by atoms with Gasteiger partial charge in [-0.25, -0.2) is 4.39 Å². The van der Waals surface area contributed by atoms with E-state index in [1.54, 1.807) is 12.1 Å². The Morgan fingerprint density at radius 2 is 1.89 bits per heavy atom. The summed E-state index contributed by atoms with van der Waals surface area (Å²) in [6.07, 6.45) is 6.23. The molecule has 0 aliphatic carbocycles. The van der Waals surface area contributed by atoms with Crippen molar-refractivity contribution in [1.82, 2.24) is 14.7 Å². The van der Waals surface area contributed by atoms with E-state index in [2.05, 4.69) is 27.8 Å². The lowest BCUT2D eigenvalue weighted by atomic mass is 9.86. The molecule has 1 aromatic rings. The number of likely N-dealkylation sites (N-methyl/N-ethyl adjacent to an activating group) is 1. The van der Waals surface area contributed by atoms with Crippen LogP contribution < -0.4 is 0 Å². The molecule has 2 aliphatic heterocycles. The van der Waals surface area contributed by atoms with E-state index in [9.17, 15) is 9.18 Å². The number of hydrogen-bond acceptors (Lipinski definition) is 4. The largest absolute Gasteiger partial charge is 0.481 e. The Kier molecular flexibility index (Phi) is 7.59. The van der Waals surface area contributed by atoms with Crippen LogP contribution >= 0.6 is 0 Å². The zero-order valence-corrected chi connectivity index (χ0v) is 16.8. The molecule has 1 N–H and O–H groups in total. The number of benzene rings is 1. The highest BCUT2D eigenvalue weighted by atomic mass is 19.1. The maximum absolute atomic E-state index is 13.0. The summed E-state index contributed by atoms with van der Waals surface area (Å²) in [4.78, 5) is 18.5. The van der Waals surface area contributed by atoms with E-state index in [0.29, 0.717) is 12.0 Å². The minimum Gasteiger partial charge on any atom is -0.481 e. The summed E-state index contributed by atoms with van der Waals surface area (Å²) in [5, 5.41) is 9.16. The van der Waals surface area contributed by atoms with Crippen LogP contribution in [-0.2, 0) is 4.79 Å². The van der Waals surface area contributed by atoms with Gasteiger partial charge < -0.3 is 10.0 Å². The summed E-state index contributed by atoms with van der Waals surface area (Å²) in [5.74, 6) is -0.526. The first-order chi connectivity index (χ1) is 13.5. The molecule has 3 rings (SSSR count). The van der Waals surface area contributed by atoms with Gasteiger partial charge in [0.15, 0.2) is 0 Å². The number of hydrogen-bond donors (Lipinski definition) is 1. The van der Waals surface area contributed by atoms with Crippen LogP contribution in [0.5, 0.6) is 0 Å². The van der Waals surface area contributed by atoms with Crippen molar-refractivity contribution in [2.24, 2.45) is 5.92 Å². The fraction of sp³-hybridized carbons (Fsp3) is 0.591. The maximum atomic E-state index is 13.0. The zero-order valence-electron chi connectivity index (χ0n) is 16.8. The van der Waals surface area contributed by atoms with Gasteiger partial charge in [0.1, 0.15) is 5.82 Å². The number of carboxylic acid groups (broad SMARTS) is 1.